The molecule has 6 heteroatoms. The number of methoxy groups -OCH3 is 2. The van der Waals surface area contributed by atoms with E-state index in [9.17, 15) is 9.59 Å². The number of aryl methyl sites for hydroxylation is 1. The van der Waals surface area contributed by atoms with Crippen LogP contribution in [0.1, 0.15) is 34.3 Å². The van der Waals surface area contributed by atoms with Crippen molar-refractivity contribution in [1.29, 1.82) is 0 Å². The quantitative estimate of drug-likeness (QED) is 0.654. The van der Waals surface area contributed by atoms with Crippen molar-refractivity contribution in [3.8, 4) is 11.5 Å². The third-order valence-electron chi connectivity index (χ3n) is 4.72. The van der Waals surface area contributed by atoms with Crippen molar-refractivity contribution in [3.05, 3.63) is 59.2 Å². The lowest BCUT2D eigenvalue weighted by atomic mass is 10.1. The predicted molar refractivity (Wildman–Crippen MR) is 105 cm³/mol. The summed E-state index contributed by atoms with van der Waals surface area (Å²) in [6.45, 7) is 2.08. The summed E-state index contributed by atoms with van der Waals surface area (Å²) >= 11 is 0. The van der Waals surface area contributed by atoms with Gasteiger partial charge in [-0.05, 0) is 49.6 Å². The Morgan fingerprint density at radius 1 is 1.04 bits per heavy atom. The second-order valence-corrected chi connectivity index (χ2v) is 6.88. The Morgan fingerprint density at radius 2 is 1.75 bits per heavy atom. The van der Waals surface area contributed by atoms with Crippen LogP contribution in [0.25, 0.3) is 0 Å². The highest BCUT2D eigenvalue weighted by Gasteiger charge is 2.33. The minimum absolute atomic E-state index is 0.196. The molecule has 1 aliphatic rings. The van der Waals surface area contributed by atoms with Crippen LogP contribution in [0.5, 0.6) is 11.5 Å². The van der Waals surface area contributed by atoms with Crippen molar-refractivity contribution in [2.75, 3.05) is 20.8 Å². The van der Waals surface area contributed by atoms with Crippen LogP contribution in [0.3, 0.4) is 0 Å². The fourth-order valence-electron chi connectivity index (χ4n) is 3.00. The summed E-state index contributed by atoms with van der Waals surface area (Å²) in [5.74, 6) is 0.446. The van der Waals surface area contributed by atoms with Gasteiger partial charge in [-0.25, -0.2) is 4.79 Å². The second-order valence-electron chi connectivity index (χ2n) is 6.88. The molecule has 28 heavy (non-hydrogen) atoms. The van der Waals surface area contributed by atoms with Crippen LogP contribution in [-0.2, 0) is 16.1 Å². The highest BCUT2D eigenvalue weighted by atomic mass is 16.5. The molecule has 0 spiro atoms. The molecule has 3 rings (SSSR count). The molecule has 148 valence electrons. The van der Waals surface area contributed by atoms with Crippen molar-refractivity contribution in [1.82, 2.24) is 4.90 Å². The molecule has 0 bridgehead atoms. The number of esters is 1. The number of ether oxygens (including phenoxy) is 3. The summed E-state index contributed by atoms with van der Waals surface area (Å²) in [5, 5.41) is 0. The Morgan fingerprint density at radius 3 is 2.36 bits per heavy atom. The van der Waals surface area contributed by atoms with Crippen LogP contribution in [-0.4, -0.2) is 43.6 Å². The molecule has 0 N–H and O–H groups in total. The number of amides is 1. The number of benzene rings is 2. The lowest BCUT2D eigenvalue weighted by Crippen LogP contribution is -2.36. The van der Waals surface area contributed by atoms with Gasteiger partial charge in [0.1, 0.15) is 17.1 Å². The van der Waals surface area contributed by atoms with Gasteiger partial charge in [0.25, 0.3) is 5.91 Å². The normalized spacial score (nSPS) is 13.0. The molecular weight excluding hydrogens is 358 g/mol. The van der Waals surface area contributed by atoms with Crippen LogP contribution in [0, 0.1) is 6.92 Å². The van der Waals surface area contributed by atoms with E-state index in [1.807, 2.05) is 37.3 Å². The highest BCUT2D eigenvalue weighted by Crippen LogP contribution is 2.29. The summed E-state index contributed by atoms with van der Waals surface area (Å²) in [6, 6.07) is 13.1. The van der Waals surface area contributed by atoms with E-state index in [1.54, 1.807) is 24.1 Å². The number of carbonyl (C=O) groups is 2. The molecular formula is C22H25NO5. The molecule has 1 amide bonds. The molecule has 0 aromatic heterocycles. The molecule has 1 fully saturated rings. The molecule has 0 radical (unpaired) electrons. The standard InChI is InChI=1S/C22H25NO5/c1-15-4-11-20(27-3)19(12-15)22(25)28-14-21(24)23(17-7-8-17)13-16-5-9-18(26-2)10-6-16/h4-6,9-12,17H,7-8,13-14H2,1-3H3. The van der Waals surface area contributed by atoms with E-state index in [4.69, 9.17) is 14.2 Å². The minimum Gasteiger partial charge on any atom is -0.497 e. The third kappa shape index (κ3) is 4.82. The van der Waals surface area contributed by atoms with Crippen LogP contribution in [0.4, 0.5) is 0 Å². The van der Waals surface area contributed by atoms with Gasteiger partial charge in [-0.2, -0.15) is 0 Å². The number of hydrogen-bond acceptors (Lipinski definition) is 5. The van der Waals surface area contributed by atoms with Gasteiger partial charge >= 0.3 is 5.97 Å². The monoisotopic (exact) mass is 383 g/mol. The van der Waals surface area contributed by atoms with Gasteiger partial charge in [-0.3, -0.25) is 4.79 Å². The molecule has 0 atom stereocenters. The van der Waals surface area contributed by atoms with E-state index in [0.717, 1.165) is 29.7 Å². The molecule has 1 saturated carbocycles. The molecule has 2 aromatic carbocycles. The molecule has 0 unspecified atom stereocenters. The second kappa shape index (κ2) is 8.78. The zero-order valence-corrected chi connectivity index (χ0v) is 16.4. The van der Waals surface area contributed by atoms with Crippen LogP contribution in [0.15, 0.2) is 42.5 Å². The van der Waals surface area contributed by atoms with Gasteiger partial charge in [0.15, 0.2) is 6.61 Å². The summed E-state index contributed by atoms with van der Waals surface area (Å²) in [7, 11) is 3.11. The number of carbonyl (C=O) groups excluding carboxylic acids is 2. The molecule has 1 aliphatic carbocycles. The Hall–Kier alpha value is -3.02. The molecule has 2 aromatic rings. The average molecular weight is 383 g/mol. The summed E-state index contributed by atoms with van der Waals surface area (Å²) in [4.78, 5) is 26.9. The Labute approximate surface area is 165 Å². The van der Waals surface area contributed by atoms with Crippen molar-refractivity contribution < 1.29 is 23.8 Å². The van der Waals surface area contributed by atoms with E-state index < -0.39 is 5.97 Å². The average Bonchev–Trinajstić information content (AvgIpc) is 3.55. The first-order valence-electron chi connectivity index (χ1n) is 9.26. The number of nitrogens with zero attached hydrogens (tertiary/aromatic N) is 1. The summed E-state index contributed by atoms with van der Waals surface area (Å²) in [6.07, 6.45) is 1.95. The number of hydrogen-bond donors (Lipinski definition) is 0. The fraction of sp³-hybridized carbons (Fsp3) is 0.364. The largest absolute Gasteiger partial charge is 0.497 e. The highest BCUT2D eigenvalue weighted by molar-refractivity contribution is 5.94. The number of rotatable bonds is 8. The van der Waals surface area contributed by atoms with E-state index in [-0.39, 0.29) is 18.6 Å². The SMILES string of the molecule is COc1ccc(CN(C(=O)COC(=O)c2cc(C)ccc2OC)C2CC2)cc1. The maximum absolute atomic E-state index is 12.7. The maximum atomic E-state index is 12.7. The Bertz CT molecular complexity index is 843. The Kier molecular flexibility index (Phi) is 6.19. The van der Waals surface area contributed by atoms with Gasteiger partial charge in [0.2, 0.25) is 0 Å². The minimum atomic E-state index is -0.561. The van der Waals surface area contributed by atoms with Gasteiger partial charge < -0.3 is 19.1 Å². The summed E-state index contributed by atoms with van der Waals surface area (Å²) in [5.41, 5.74) is 2.24. The topological polar surface area (TPSA) is 65.1 Å². The first-order chi connectivity index (χ1) is 13.5. The summed E-state index contributed by atoms with van der Waals surface area (Å²) < 4.78 is 15.7. The van der Waals surface area contributed by atoms with E-state index in [2.05, 4.69) is 0 Å². The van der Waals surface area contributed by atoms with Crippen molar-refractivity contribution >= 4 is 11.9 Å². The lowest BCUT2D eigenvalue weighted by Gasteiger charge is -2.22. The van der Waals surface area contributed by atoms with E-state index in [1.165, 1.54) is 7.11 Å². The predicted octanol–water partition coefficient (Wildman–Crippen LogP) is 3.36. The molecule has 0 saturated heterocycles. The zero-order valence-electron chi connectivity index (χ0n) is 16.4. The van der Waals surface area contributed by atoms with Crippen molar-refractivity contribution in [2.24, 2.45) is 0 Å². The smallest absolute Gasteiger partial charge is 0.342 e. The first kappa shape index (κ1) is 19.7. The Balaban J connectivity index is 1.63. The van der Waals surface area contributed by atoms with Crippen molar-refractivity contribution in [3.63, 3.8) is 0 Å². The lowest BCUT2D eigenvalue weighted by molar-refractivity contribution is -0.135. The third-order valence-corrected chi connectivity index (χ3v) is 4.72. The maximum Gasteiger partial charge on any atom is 0.342 e. The van der Waals surface area contributed by atoms with Gasteiger partial charge in [0.05, 0.1) is 14.2 Å². The van der Waals surface area contributed by atoms with E-state index >= 15 is 0 Å². The van der Waals surface area contributed by atoms with Gasteiger partial charge in [-0.15, -0.1) is 0 Å². The fourth-order valence-corrected chi connectivity index (χ4v) is 3.00. The van der Waals surface area contributed by atoms with E-state index in [0.29, 0.717) is 17.9 Å². The van der Waals surface area contributed by atoms with Gasteiger partial charge in [-0.1, -0.05) is 23.8 Å². The van der Waals surface area contributed by atoms with Crippen LogP contribution < -0.4 is 9.47 Å². The van der Waals surface area contributed by atoms with Gasteiger partial charge in [0, 0.05) is 12.6 Å². The molecule has 0 aliphatic heterocycles. The van der Waals surface area contributed by atoms with Crippen molar-refractivity contribution in [2.45, 2.75) is 32.4 Å². The zero-order chi connectivity index (χ0) is 20.1. The van der Waals surface area contributed by atoms with Crippen LogP contribution >= 0.6 is 0 Å². The molecule has 0 heterocycles. The molecule has 6 nitrogen and oxygen atoms in total. The first-order valence-corrected chi connectivity index (χ1v) is 9.26. The van der Waals surface area contributed by atoms with Crippen LogP contribution in [0.2, 0.25) is 0 Å².